The number of pyridine rings is 1. The Kier molecular flexibility index (Phi) is 4.44. The van der Waals surface area contributed by atoms with E-state index < -0.39 is 0 Å². The molecule has 0 unspecified atom stereocenters. The zero-order valence-electron chi connectivity index (χ0n) is 14.0. The van der Waals surface area contributed by atoms with Crippen molar-refractivity contribution in [2.75, 3.05) is 50.8 Å². The first-order valence-electron chi connectivity index (χ1n) is 8.60. The Hall–Kier alpha value is -1.99. The Morgan fingerprint density at radius 3 is 2.92 bits per heavy atom. The fourth-order valence-corrected chi connectivity index (χ4v) is 3.55. The highest BCUT2D eigenvalue weighted by Gasteiger charge is 2.28. The van der Waals surface area contributed by atoms with E-state index in [0.717, 1.165) is 57.3 Å². The van der Waals surface area contributed by atoms with Gasteiger partial charge in [-0.2, -0.15) is 4.98 Å². The molecule has 0 N–H and O–H groups in total. The van der Waals surface area contributed by atoms with Gasteiger partial charge in [0.15, 0.2) is 5.82 Å². The van der Waals surface area contributed by atoms with E-state index in [4.69, 9.17) is 9.26 Å². The molecule has 0 saturated carbocycles. The van der Waals surface area contributed by atoms with E-state index in [2.05, 4.69) is 24.9 Å². The summed E-state index contributed by atoms with van der Waals surface area (Å²) in [5.41, 5.74) is 0.921. The van der Waals surface area contributed by atoms with Crippen LogP contribution in [0, 0.1) is 12.8 Å². The third kappa shape index (κ3) is 3.27. The van der Waals surface area contributed by atoms with Gasteiger partial charge in [-0.15, -0.1) is 0 Å². The second-order valence-electron chi connectivity index (χ2n) is 6.54. The van der Waals surface area contributed by atoms with E-state index in [-0.39, 0.29) is 0 Å². The largest absolute Gasteiger partial charge is 0.379 e. The predicted octanol–water partition coefficient (Wildman–Crippen LogP) is 1.60. The summed E-state index contributed by atoms with van der Waals surface area (Å²) >= 11 is 0. The Morgan fingerprint density at radius 2 is 2.12 bits per heavy atom. The molecule has 2 aliphatic rings. The van der Waals surface area contributed by atoms with Gasteiger partial charge in [0.25, 0.3) is 5.89 Å². The fourth-order valence-electron chi connectivity index (χ4n) is 3.55. The number of rotatable bonds is 4. The average molecular weight is 329 g/mol. The van der Waals surface area contributed by atoms with Crippen LogP contribution in [0.5, 0.6) is 0 Å². The lowest BCUT2D eigenvalue weighted by Crippen LogP contribution is -2.40. The molecule has 2 saturated heterocycles. The quantitative estimate of drug-likeness (QED) is 0.844. The maximum Gasteiger partial charge on any atom is 0.261 e. The molecule has 7 heteroatoms. The van der Waals surface area contributed by atoms with Crippen LogP contribution in [0.4, 0.5) is 5.82 Å². The van der Waals surface area contributed by atoms with Gasteiger partial charge in [-0.05, 0) is 31.4 Å². The zero-order valence-corrected chi connectivity index (χ0v) is 14.0. The van der Waals surface area contributed by atoms with Gasteiger partial charge in [-0.1, -0.05) is 5.16 Å². The van der Waals surface area contributed by atoms with Crippen LogP contribution in [0.2, 0.25) is 0 Å². The van der Waals surface area contributed by atoms with Gasteiger partial charge in [0.2, 0.25) is 0 Å². The van der Waals surface area contributed by atoms with E-state index in [9.17, 15) is 0 Å². The normalized spacial score (nSPS) is 22.2. The van der Waals surface area contributed by atoms with Crippen molar-refractivity contribution in [1.82, 2.24) is 20.0 Å². The first-order valence-corrected chi connectivity index (χ1v) is 8.60. The van der Waals surface area contributed by atoms with Crippen molar-refractivity contribution in [3.05, 3.63) is 24.2 Å². The number of aryl methyl sites for hydroxylation is 1. The monoisotopic (exact) mass is 329 g/mol. The molecule has 2 aromatic heterocycles. The van der Waals surface area contributed by atoms with Crippen molar-refractivity contribution in [3.8, 4) is 11.5 Å². The zero-order chi connectivity index (χ0) is 16.4. The Labute approximate surface area is 141 Å². The van der Waals surface area contributed by atoms with Crippen molar-refractivity contribution >= 4 is 5.82 Å². The van der Waals surface area contributed by atoms with Gasteiger partial charge in [-0.3, -0.25) is 4.90 Å². The van der Waals surface area contributed by atoms with Gasteiger partial charge in [0.05, 0.1) is 18.8 Å². The van der Waals surface area contributed by atoms with Gasteiger partial charge < -0.3 is 14.2 Å². The van der Waals surface area contributed by atoms with Crippen molar-refractivity contribution < 1.29 is 9.26 Å². The number of ether oxygens (including phenoxy) is 1. The smallest absolute Gasteiger partial charge is 0.261 e. The van der Waals surface area contributed by atoms with Crippen LogP contribution in [0.15, 0.2) is 22.9 Å². The van der Waals surface area contributed by atoms with Crippen LogP contribution >= 0.6 is 0 Å². The molecule has 4 heterocycles. The molecule has 2 fully saturated rings. The number of hydrogen-bond acceptors (Lipinski definition) is 7. The second-order valence-corrected chi connectivity index (χ2v) is 6.54. The predicted molar refractivity (Wildman–Crippen MR) is 89.8 cm³/mol. The number of anilines is 1. The summed E-state index contributed by atoms with van der Waals surface area (Å²) in [5, 5.41) is 3.90. The first kappa shape index (κ1) is 15.5. The molecule has 1 atom stereocenters. The number of aromatic nitrogens is 3. The minimum absolute atomic E-state index is 0.548. The molecule has 0 bridgehead atoms. The van der Waals surface area contributed by atoms with Gasteiger partial charge in [0.1, 0.15) is 5.82 Å². The summed E-state index contributed by atoms with van der Waals surface area (Å²) in [4.78, 5) is 13.8. The summed E-state index contributed by atoms with van der Waals surface area (Å²) in [7, 11) is 0. The van der Waals surface area contributed by atoms with E-state index in [1.165, 1.54) is 6.42 Å². The summed E-state index contributed by atoms with van der Waals surface area (Å²) in [6.07, 6.45) is 3.02. The van der Waals surface area contributed by atoms with Crippen molar-refractivity contribution in [2.24, 2.45) is 5.92 Å². The summed E-state index contributed by atoms with van der Waals surface area (Å²) in [6.45, 7) is 8.83. The SMILES string of the molecule is Cc1noc(-c2cccnc2N2CC[C@@H](CN3CCOCC3)C2)n1. The Bertz CT molecular complexity index is 683. The fraction of sp³-hybridized carbons (Fsp3) is 0.588. The van der Waals surface area contributed by atoms with E-state index in [1.807, 2.05) is 25.3 Å². The van der Waals surface area contributed by atoms with E-state index >= 15 is 0 Å². The van der Waals surface area contributed by atoms with Crippen LogP contribution in [-0.4, -0.2) is 66.0 Å². The Morgan fingerprint density at radius 1 is 1.25 bits per heavy atom. The molecular weight excluding hydrogens is 306 g/mol. The second kappa shape index (κ2) is 6.86. The van der Waals surface area contributed by atoms with Crippen LogP contribution < -0.4 is 4.90 Å². The van der Waals surface area contributed by atoms with Crippen LogP contribution in [0.25, 0.3) is 11.5 Å². The molecule has 7 nitrogen and oxygen atoms in total. The highest BCUT2D eigenvalue weighted by Crippen LogP contribution is 2.31. The molecule has 0 spiro atoms. The van der Waals surface area contributed by atoms with E-state index in [1.54, 1.807) is 0 Å². The van der Waals surface area contributed by atoms with Gasteiger partial charge >= 0.3 is 0 Å². The lowest BCUT2D eigenvalue weighted by molar-refractivity contribution is 0.0320. The number of morpholine rings is 1. The molecule has 0 aromatic carbocycles. The topological polar surface area (TPSA) is 67.5 Å². The lowest BCUT2D eigenvalue weighted by Gasteiger charge is -2.29. The molecule has 0 aliphatic carbocycles. The molecule has 4 rings (SSSR count). The molecule has 0 radical (unpaired) electrons. The standard InChI is InChI=1S/C17H23N5O2/c1-13-19-17(24-20-13)15-3-2-5-18-16(15)22-6-4-14(12-22)11-21-7-9-23-10-8-21/h2-3,5,14H,4,6-12H2,1H3/t14-/m0/s1. The van der Waals surface area contributed by atoms with E-state index in [0.29, 0.717) is 17.6 Å². The lowest BCUT2D eigenvalue weighted by atomic mass is 10.1. The number of nitrogens with zero attached hydrogens (tertiary/aromatic N) is 5. The number of hydrogen-bond donors (Lipinski definition) is 0. The minimum atomic E-state index is 0.548. The van der Waals surface area contributed by atoms with Crippen LogP contribution in [0.3, 0.4) is 0 Å². The first-order chi connectivity index (χ1) is 11.8. The van der Waals surface area contributed by atoms with Crippen molar-refractivity contribution in [3.63, 3.8) is 0 Å². The average Bonchev–Trinajstić information content (AvgIpc) is 3.25. The highest BCUT2D eigenvalue weighted by atomic mass is 16.5. The minimum Gasteiger partial charge on any atom is -0.379 e. The molecule has 2 aromatic rings. The molecular formula is C17H23N5O2. The molecule has 24 heavy (non-hydrogen) atoms. The third-order valence-corrected chi connectivity index (χ3v) is 4.75. The van der Waals surface area contributed by atoms with Crippen molar-refractivity contribution in [2.45, 2.75) is 13.3 Å². The highest BCUT2D eigenvalue weighted by molar-refractivity contribution is 5.70. The summed E-state index contributed by atoms with van der Waals surface area (Å²) < 4.78 is 10.8. The van der Waals surface area contributed by atoms with Crippen LogP contribution in [-0.2, 0) is 4.74 Å². The van der Waals surface area contributed by atoms with Gasteiger partial charge in [-0.25, -0.2) is 4.98 Å². The van der Waals surface area contributed by atoms with Crippen molar-refractivity contribution in [1.29, 1.82) is 0 Å². The van der Waals surface area contributed by atoms with Gasteiger partial charge in [0, 0.05) is 38.9 Å². The summed E-state index contributed by atoms with van der Waals surface area (Å²) in [5.74, 6) is 2.81. The van der Waals surface area contributed by atoms with Crippen LogP contribution in [0.1, 0.15) is 12.2 Å². The molecule has 128 valence electrons. The maximum atomic E-state index is 5.44. The maximum absolute atomic E-state index is 5.44. The summed E-state index contributed by atoms with van der Waals surface area (Å²) in [6, 6.07) is 3.92. The molecule has 0 amide bonds. The Balaban J connectivity index is 1.47. The molecule has 2 aliphatic heterocycles. The third-order valence-electron chi connectivity index (χ3n) is 4.75.